The first-order valence-electron chi connectivity index (χ1n) is 9.31. The second kappa shape index (κ2) is 8.36. The molecule has 0 radical (unpaired) electrons. The van der Waals surface area contributed by atoms with E-state index < -0.39 is 0 Å². The zero-order valence-electron chi connectivity index (χ0n) is 15.8. The summed E-state index contributed by atoms with van der Waals surface area (Å²) in [5, 5.41) is 4.14. The van der Waals surface area contributed by atoms with Crippen LogP contribution in [0.5, 0.6) is 0 Å². The Bertz CT molecular complexity index is 1100. The molecule has 0 unspecified atom stereocenters. The van der Waals surface area contributed by atoms with Gasteiger partial charge in [-0.3, -0.25) is 4.79 Å². The van der Waals surface area contributed by atoms with Gasteiger partial charge in [0.1, 0.15) is 0 Å². The number of benzene rings is 3. The van der Waals surface area contributed by atoms with Crippen molar-refractivity contribution in [2.75, 3.05) is 11.1 Å². The second-order valence-electron chi connectivity index (χ2n) is 6.77. The molecular weight excluding hydrogens is 364 g/mol. The first-order valence-corrected chi connectivity index (χ1v) is 10.3. The minimum Gasteiger partial charge on any atom is -0.342 e. The van der Waals surface area contributed by atoms with Gasteiger partial charge < -0.3 is 9.88 Å². The molecule has 0 aliphatic carbocycles. The van der Waals surface area contributed by atoms with Gasteiger partial charge in [0.25, 0.3) is 0 Å². The lowest BCUT2D eigenvalue weighted by molar-refractivity contribution is -0.113. The van der Waals surface area contributed by atoms with Crippen LogP contribution in [-0.4, -0.2) is 16.2 Å². The highest BCUT2D eigenvalue weighted by molar-refractivity contribution is 8.00. The van der Waals surface area contributed by atoms with Gasteiger partial charge in [-0.05, 0) is 36.2 Å². The molecule has 3 nitrogen and oxygen atoms in total. The van der Waals surface area contributed by atoms with Crippen LogP contribution in [0.25, 0.3) is 10.9 Å². The number of fused-ring (bicyclic) bond motifs is 1. The van der Waals surface area contributed by atoms with E-state index in [1.165, 1.54) is 22.0 Å². The molecule has 4 aromatic rings. The Hall–Kier alpha value is -2.98. The minimum atomic E-state index is 0.00642. The predicted molar refractivity (Wildman–Crippen MR) is 118 cm³/mol. The van der Waals surface area contributed by atoms with Crippen molar-refractivity contribution in [2.24, 2.45) is 0 Å². The third-order valence-electron chi connectivity index (χ3n) is 4.77. The van der Waals surface area contributed by atoms with Gasteiger partial charge in [0.2, 0.25) is 5.91 Å². The van der Waals surface area contributed by atoms with Crippen molar-refractivity contribution < 1.29 is 4.79 Å². The van der Waals surface area contributed by atoms with E-state index in [1.807, 2.05) is 30.3 Å². The number of nitrogens with one attached hydrogen (secondary N) is 1. The summed E-state index contributed by atoms with van der Waals surface area (Å²) >= 11 is 1.58. The van der Waals surface area contributed by atoms with E-state index in [2.05, 4.69) is 71.5 Å². The minimum absolute atomic E-state index is 0.00642. The topological polar surface area (TPSA) is 34.0 Å². The van der Waals surface area contributed by atoms with Gasteiger partial charge in [-0.1, -0.05) is 60.7 Å². The van der Waals surface area contributed by atoms with Crippen LogP contribution < -0.4 is 5.32 Å². The second-order valence-corrected chi connectivity index (χ2v) is 7.78. The Labute approximate surface area is 169 Å². The fourth-order valence-corrected chi connectivity index (χ4v) is 4.18. The van der Waals surface area contributed by atoms with Crippen LogP contribution >= 0.6 is 11.8 Å². The van der Waals surface area contributed by atoms with E-state index in [0.29, 0.717) is 5.75 Å². The number of carbonyl (C=O) groups is 1. The smallest absolute Gasteiger partial charge is 0.234 e. The molecular formula is C24H22N2OS. The number of anilines is 1. The van der Waals surface area contributed by atoms with E-state index in [1.54, 1.807) is 11.8 Å². The molecule has 0 aliphatic rings. The van der Waals surface area contributed by atoms with Gasteiger partial charge in [-0.2, -0.15) is 0 Å². The van der Waals surface area contributed by atoms with Crippen molar-refractivity contribution in [1.82, 2.24) is 4.57 Å². The highest BCUT2D eigenvalue weighted by atomic mass is 32.2. The Morgan fingerprint density at radius 3 is 2.46 bits per heavy atom. The molecule has 0 atom stereocenters. The van der Waals surface area contributed by atoms with Gasteiger partial charge in [0, 0.05) is 34.2 Å². The average molecular weight is 387 g/mol. The summed E-state index contributed by atoms with van der Waals surface area (Å²) in [4.78, 5) is 13.5. The van der Waals surface area contributed by atoms with E-state index in [0.717, 1.165) is 17.1 Å². The number of hydrogen-bond acceptors (Lipinski definition) is 2. The molecule has 0 aliphatic heterocycles. The molecule has 28 heavy (non-hydrogen) atoms. The maximum atomic E-state index is 12.3. The van der Waals surface area contributed by atoms with E-state index in [4.69, 9.17) is 0 Å². The van der Waals surface area contributed by atoms with E-state index in [-0.39, 0.29) is 5.91 Å². The molecule has 1 N–H and O–H groups in total. The Kier molecular flexibility index (Phi) is 5.49. The van der Waals surface area contributed by atoms with Crippen molar-refractivity contribution in [3.63, 3.8) is 0 Å². The molecule has 0 saturated carbocycles. The average Bonchev–Trinajstić information content (AvgIpc) is 3.07. The van der Waals surface area contributed by atoms with Crippen molar-refractivity contribution in [2.45, 2.75) is 18.4 Å². The molecule has 1 heterocycles. The zero-order chi connectivity index (χ0) is 19.3. The SMILES string of the molecule is Cc1ccccc1Cn1cc(SCC(=O)Nc2ccccc2)c2ccccc21. The first kappa shape index (κ1) is 18.4. The number of carbonyl (C=O) groups excluding carboxylic acids is 1. The molecule has 1 amide bonds. The third kappa shape index (κ3) is 4.12. The molecule has 1 aromatic heterocycles. The number of rotatable bonds is 6. The summed E-state index contributed by atoms with van der Waals surface area (Å²) in [6, 6.07) is 26.4. The van der Waals surface area contributed by atoms with Crippen LogP contribution in [0.4, 0.5) is 5.69 Å². The number of hydrogen-bond donors (Lipinski definition) is 1. The van der Waals surface area contributed by atoms with Gasteiger partial charge >= 0.3 is 0 Å². The number of amides is 1. The zero-order valence-corrected chi connectivity index (χ0v) is 16.6. The van der Waals surface area contributed by atoms with Crippen LogP contribution in [0, 0.1) is 6.92 Å². The molecule has 4 heteroatoms. The van der Waals surface area contributed by atoms with Crippen molar-refractivity contribution in [3.05, 3.63) is 96.2 Å². The van der Waals surface area contributed by atoms with Gasteiger partial charge in [0.05, 0.1) is 5.75 Å². The molecule has 0 saturated heterocycles. The van der Waals surface area contributed by atoms with Crippen molar-refractivity contribution in [3.8, 4) is 0 Å². The van der Waals surface area contributed by atoms with Crippen LogP contribution in [0.3, 0.4) is 0 Å². The number of thioether (sulfide) groups is 1. The summed E-state index contributed by atoms with van der Waals surface area (Å²) in [6.45, 7) is 2.97. The predicted octanol–water partition coefficient (Wildman–Crippen LogP) is 5.73. The summed E-state index contributed by atoms with van der Waals surface area (Å²) in [5.41, 5.74) is 4.62. The Morgan fingerprint density at radius 1 is 0.929 bits per heavy atom. The van der Waals surface area contributed by atoms with Gasteiger partial charge in [-0.25, -0.2) is 0 Å². The van der Waals surface area contributed by atoms with E-state index in [9.17, 15) is 4.79 Å². The van der Waals surface area contributed by atoms with Gasteiger partial charge in [-0.15, -0.1) is 11.8 Å². The third-order valence-corrected chi connectivity index (χ3v) is 5.81. The molecule has 4 rings (SSSR count). The van der Waals surface area contributed by atoms with Crippen LogP contribution in [0.15, 0.2) is 90.0 Å². The number of aryl methyl sites for hydroxylation is 1. The largest absolute Gasteiger partial charge is 0.342 e. The lowest BCUT2D eigenvalue weighted by Crippen LogP contribution is -2.13. The molecule has 0 bridgehead atoms. The van der Waals surface area contributed by atoms with Crippen molar-refractivity contribution >= 4 is 34.3 Å². The fourth-order valence-electron chi connectivity index (χ4n) is 3.29. The number of nitrogens with zero attached hydrogens (tertiary/aromatic N) is 1. The maximum Gasteiger partial charge on any atom is 0.234 e. The molecule has 0 spiro atoms. The number of para-hydroxylation sites is 2. The summed E-state index contributed by atoms with van der Waals surface area (Å²) in [5.74, 6) is 0.389. The van der Waals surface area contributed by atoms with Crippen LogP contribution in [0.2, 0.25) is 0 Å². The standard InChI is InChI=1S/C24H22N2OS/c1-18-9-5-6-10-19(18)15-26-16-23(21-13-7-8-14-22(21)26)28-17-24(27)25-20-11-3-2-4-12-20/h2-14,16H,15,17H2,1H3,(H,25,27). The van der Waals surface area contributed by atoms with Crippen molar-refractivity contribution in [1.29, 1.82) is 0 Å². The quantitative estimate of drug-likeness (QED) is 0.430. The molecule has 0 fully saturated rings. The summed E-state index contributed by atoms with van der Waals surface area (Å²) in [6.07, 6.45) is 2.16. The molecule has 3 aromatic carbocycles. The van der Waals surface area contributed by atoms with E-state index >= 15 is 0 Å². The fraction of sp³-hybridized carbons (Fsp3) is 0.125. The Morgan fingerprint density at radius 2 is 1.64 bits per heavy atom. The highest BCUT2D eigenvalue weighted by Crippen LogP contribution is 2.31. The van der Waals surface area contributed by atoms with Crippen LogP contribution in [-0.2, 0) is 11.3 Å². The lowest BCUT2D eigenvalue weighted by Gasteiger charge is -2.08. The monoisotopic (exact) mass is 386 g/mol. The highest BCUT2D eigenvalue weighted by Gasteiger charge is 2.12. The molecule has 140 valence electrons. The maximum absolute atomic E-state index is 12.3. The number of aromatic nitrogens is 1. The lowest BCUT2D eigenvalue weighted by atomic mass is 10.1. The Balaban J connectivity index is 1.53. The first-order chi connectivity index (χ1) is 13.7. The van der Waals surface area contributed by atoms with Crippen LogP contribution in [0.1, 0.15) is 11.1 Å². The summed E-state index contributed by atoms with van der Waals surface area (Å²) in [7, 11) is 0. The summed E-state index contributed by atoms with van der Waals surface area (Å²) < 4.78 is 2.27. The normalized spacial score (nSPS) is 10.9. The van der Waals surface area contributed by atoms with Gasteiger partial charge in [0.15, 0.2) is 0 Å².